The van der Waals surface area contributed by atoms with E-state index in [1.165, 1.54) is 12.8 Å². The van der Waals surface area contributed by atoms with Crippen molar-refractivity contribution in [2.45, 2.75) is 65.4 Å². The van der Waals surface area contributed by atoms with E-state index >= 15 is 0 Å². The van der Waals surface area contributed by atoms with Crippen LogP contribution >= 0.6 is 0 Å². The van der Waals surface area contributed by atoms with E-state index in [0.717, 1.165) is 30.4 Å². The molecule has 2 saturated carbocycles. The summed E-state index contributed by atoms with van der Waals surface area (Å²) in [5.41, 5.74) is 2.19. The first-order valence-corrected chi connectivity index (χ1v) is 8.97. The van der Waals surface area contributed by atoms with E-state index in [0.29, 0.717) is 24.9 Å². The zero-order chi connectivity index (χ0) is 16.8. The summed E-state index contributed by atoms with van der Waals surface area (Å²) in [4.78, 5) is 11.7. The largest absolute Gasteiger partial charge is 0.462 e. The van der Waals surface area contributed by atoms with Crippen LogP contribution in [0, 0.1) is 22.7 Å². The monoisotopic (exact) mass is 318 g/mol. The van der Waals surface area contributed by atoms with Crippen LogP contribution in [-0.4, -0.2) is 23.8 Å². The molecule has 128 valence electrons. The van der Waals surface area contributed by atoms with Crippen molar-refractivity contribution < 1.29 is 14.6 Å². The molecule has 0 radical (unpaired) electrons. The van der Waals surface area contributed by atoms with Gasteiger partial charge in [-0.25, -0.2) is 4.79 Å². The number of aliphatic hydroxyl groups excluding tert-OH is 1. The summed E-state index contributed by atoms with van der Waals surface area (Å²) in [6.45, 7) is 11.7. The molecule has 2 aliphatic carbocycles. The molecule has 3 nitrogen and oxygen atoms in total. The normalized spacial score (nSPS) is 41.7. The van der Waals surface area contributed by atoms with Gasteiger partial charge in [0.1, 0.15) is 0 Å². The number of carbonyl (C=O) groups excluding carboxylic acids is 1. The Balaban J connectivity index is 1.89. The molecule has 0 aromatic rings. The fourth-order valence-electron chi connectivity index (χ4n) is 5.80. The van der Waals surface area contributed by atoms with Crippen molar-refractivity contribution in [3.05, 3.63) is 23.8 Å². The molecule has 23 heavy (non-hydrogen) atoms. The number of fused-ring (bicyclic) bond motifs is 1. The number of ether oxygens (including phenoxy) is 1. The average molecular weight is 318 g/mol. The lowest BCUT2D eigenvalue weighted by atomic mass is 9.46. The van der Waals surface area contributed by atoms with Crippen molar-refractivity contribution in [2.24, 2.45) is 22.7 Å². The van der Waals surface area contributed by atoms with Crippen molar-refractivity contribution in [3.63, 3.8) is 0 Å². The number of hydrogen-bond donors (Lipinski definition) is 1. The molecule has 1 N–H and O–H groups in total. The third-order valence-electron chi connectivity index (χ3n) is 6.70. The molecular formula is C20H30O3. The third-order valence-corrected chi connectivity index (χ3v) is 6.70. The molecule has 3 rings (SSSR count). The van der Waals surface area contributed by atoms with Gasteiger partial charge < -0.3 is 9.84 Å². The zero-order valence-corrected chi connectivity index (χ0v) is 14.7. The fraction of sp³-hybridized carbons (Fsp3) is 0.750. The highest BCUT2D eigenvalue weighted by Gasteiger charge is 2.56. The summed E-state index contributed by atoms with van der Waals surface area (Å²) >= 11 is 0. The number of carbonyl (C=O) groups is 1. The Labute approximate surface area is 139 Å². The van der Waals surface area contributed by atoms with Crippen molar-refractivity contribution in [1.82, 2.24) is 0 Å². The van der Waals surface area contributed by atoms with E-state index in [2.05, 4.69) is 33.4 Å². The molecule has 0 aromatic heterocycles. The average Bonchev–Trinajstić information content (AvgIpc) is 2.82. The van der Waals surface area contributed by atoms with Crippen LogP contribution < -0.4 is 0 Å². The van der Waals surface area contributed by atoms with Gasteiger partial charge in [-0.3, -0.25) is 0 Å². The van der Waals surface area contributed by atoms with Gasteiger partial charge in [-0.1, -0.05) is 45.4 Å². The molecular weight excluding hydrogens is 288 g/mol. The van der Waals surface area contributed by atoms with Crippen molar-refractivity contribution >= 4 is 5.97 Å². The van der Waals surface area contributed by atoms with Crippen LogP contribution in [0.25, 0.3) is 0 Å². The van der Waals surface area contributed by atoms with Crippen LogP contribution in [0.4, 0.5) is 0 Å². The minimum Gasteiger partial charge on any atom is -0.462 e. The quantitative estimate of drug-likeness (QED) is 0.475. The van der Waals surface area contributed by atoms with Crippen LogP contribution in [0.3, 0.4) is 0 Å². The number of esters is 1. The first-order valence-electron chi connectivity index (χ1n) is 8.97. The minimum absolute atomic E-state index is 0.0655. The van der Waals surface area contributed by atoms with Gasteiger partial charge in [0.25, 0.3) is 0 Å². The van der Waals surface area contributed by atoms with Gasteiger partial charge in [-0.05, 0) is 48.3 Å². The van der Waals surface area contributed by atoms with Gasteiger partial charge >= 0.3 is 5.97 Å². The first kappa shape index (κ1) is 16.8. The summed E-state index contributed by atoms with van der Waals surface area (Å²) in [5, 5.41) is 10.8. The maximum atomic E-state index is 11.7. The molecule has 1 saturated heterocycles. The molecule has 0 bridgehead atoms. The standard InChI is InChI=1S/C20H30O3/c1-13-12-16(21)17-19(2,3)9-5-10-20(17,4)15(13)7-6-14-8-11-23-18(14)22/h6,15-17,21H,1,5,7-12H2,2-4H3. The van der Waals surface area contributed by atoms with Crippen molar-refractivity contribution in [2.75, 3.05) is 6.61 Å². The maximum absolute atomic E-state index is 11.7. The molecule has 4 atom stereocenters. The smallest absolute Gasteiger partial charge is 0.333 e. The number of aliphatic hydroxyl groups is 1. The summed E-state index contributed by atoms with van der Waals surface area (Å²) in [7, 11) is 0. The highest BCUT2D eigenvalue weighted by molar-refractivity contribution is 5.90. The van der Waals surface area contributed by atoms with E-state index in [9.17, 15) is 9.90 Å². The topological polar surface area (TPSA) is 46.5 Å². The minimum atomic E-state index is -0.289. The van der Waals surface area contributed by atoms with E-state index in [1.807, 2.05) is 0 Å². The second kappa shape index (κ2) is 5.77. The Morgan fingerprint density at radius 3 is 2.74 bits per heavy atom. The molecule has 4 unspecified atom stereocenters. The van der Waals surface area contributed by atoms with Gasteiger partial charge in [0, 0.05) is 12.0 Å². The van der Waals surface area contributed by atoms with Gasteiger partial charge in [0.2, 0.25) is 0 Å². The van der Waals surface area contributed by atoms with Crippen LogP contribution in [-0.2, 0) is 9.53 Å². The number of allylic oxidation sites excluding steroid dienone is 1. The SMILES string of the molecule is C=C1CC(O)C2C(C)(C)CCCC2(C)C1CC=C1CCOC1=O. The number of cyclic esters (lactones) is 1. The van der Waals surface area contributed by atoms with E-state index in [-0.39, 0.29) is 22.9 Å². The first-order chi connectivity index (χ1) is 10.8. The molecule has 3 aliphatic rings. The second-order valence-electron chi connectivity index (χ2n) is 8.66. The van der Waals surface area contributed by atoms with Crippen LogP contribution in [0.15, 0.2) is 23.8 Å². The predicted molar refractivity (Wildman–Crippen MR) is 90.8 cm³/mol. The molecule has 1 heterocycles. The Hall–Kier alpha value is -1.09. The number of rotatable bonds is 2. The fourth-order valence-corrected chi connectivity index (χ4v) is 5.80. The Bertz CT molecular complexity index is 545. The van der Waals surface area contributed by atoms with E-state index < -0.39 is 0 Å². The summed E-state index contributed by atoms with van der Waals surface area (Å²) in [6, 6.07) is 0. The lowest BCUT2D eigenvalue weighted by Crippen LogP contribution is -2.55. The lowest BCUT2D eigenvalue weighted by Gasteiger charge is -2.59. The van der Waals surface area contributed by atoms with Crippen LogP contribution in [0.2, 0.25) is 0 Å². The highest BCUT2D eigenvalue weighted by atomic mass is 16.5. The van der Waals surface area contributed by atoms with Gasteiger partial charge in [-0.15, -0.1) is 0 Å². The van der Waals surface area contributed by atoms with E-state index in [1.54, 1.807) is 0 Å². The van der Waals surface area contributed by atoms with Crippen LogP contribution in [0.5, 0.6) is 0 Å². The highest BCUT2D eigenvalue weighted by Crippen LogP contribution is 2.61. The van der Waals surface area contributed by atoms with Gasteiger partial charge in [0.05, 0.1) is 12.7 Å². The van der Waals surface area contributed by atoms with Gasteiger partial charge in [0.15, 0.2) is 0 Å². The predicted octanol–water partition coefficient (Wildman–Crippen LogP) is 4.02. The molecule has 0 amide bonds. The van der Waals surface area contributed by atoms with Crippen molar-refractivity contribution in [3.8, 4) is 0 Å². The molecule has 3 fully saturated rings. The second-order valence-corrected chi connectivity index (χ2v) is 8.66. The molecule has 0 aromatic carbocycles. The number of hydrogen-bond acceptors (Lipinski definition) is 3. The summed E-state index contributed by atoms with van der Waals surface area (Å²) in [5.74, 6) is 0.488. The summed E-state index contributed by atoms with van der Waals surface area (Å²) < 4.78 is 5.04. The molecule has 3 heteroatoms. The summed E-state index contributed by atoms with van der Waals surface area (Å²) in [6.07, 6.45) is 7.57. The lowest BCUT2D eigenvalue weighted by molar-refractivity contribution is -0.135. The third kappa shape index (κ3) is 2.77. The van der Waals surface area contributed by atoms with Crippen LogP contribution in [0.1, 0.15) is 59.3 Å². The molecule has 0 spiro atoms. The van der Waals surface area contributed by atoms with Gasteiger partial charge in [-0.2, -0.15) is 0 Å². The maximum Gasteiger partial charge on any atom is 0.333 e. The van der Waals surface area contributed by atoms with Crippen molar-refractivity contribution in [1.29, 1.82) is 0 Å². The zero-order valence-electron chi connectivity index (χ0n) is 14.7. The molecule has 1 aliphatic heterocycles. The van der Waals surface area contributed by atoms with E-state index in [4.69, 9.17) is 4.74 Å². The Morgan fingerprint density at radius 2 is 2.09 bits per heavy atom. The Morgan fingerprint density at radius 1 is 1.35 bits per heavy atom. The Kier molecular flexibility index (Phi) is 4.20.